The molecule has 18 heavy (non-hydrogen) atoms. The van der Waals surface area contributed by atoms with E-state index in [2.05, 4.69) is 46.1 Å². The first-order valence-corrected chi connectivity index (χ1v) is 6.04. The third kappa shape index (κ3) is 2.00. The van der Waals surface area contributed by atoms with Gasteiger partial charge in [0.25, 0.3) is 0 Å². The first kappa shape index (κ1) is 11.0. The largest absolute Gasteiger partial charge is 0.346 e. The highest BCUT2D eigenvalue weighted by molar-refractivity contribution is 5.78. The molecule has 0 radical (unpaired) electrons. The minimum Gasteiger partial charge on any atom is -0.346 e. The normalized spacial score (nSPS) is 10.9. The zero-order valence-electron chi connectivity index (χ0n) is 10.1. The number of rotatable bonds is 3. The van der Waals surface area contributed by atoms with E-state index >= 15 is 0 Å². The Morgan fingerprint density at radius 1 is 1.11 bits per heavy atom. The number of nitrogens with two attached hydrogens (primary N) is 1. The van der Waals surface area contributed by atoms with Gasteiger partial charge in [0.15, 0.2) is 0 Å². The van der Waals surface area contributed by atoms with Crippen molar-refractivity contribution in [2.24, 2.45) is 5.73 Å². The molecule has 0 spiro atoms. The van der Waals surface area contributed by atoms with Crippen LogP contribution in [0.2, 0.25) is 0 Å². The van der Waals surface area contributed by atoms with Crippen LogP contribution in [0.3, 0.4) is 0 Å². The first-order chi connectivity index (χ1) is 8.86. The smallest absolute Gasteiger partial charge is 0.0702 e. The molecule has 90 valence electrons. The molecule has 0 aliphatic rings. The summed E-state index contributed by atoms with van der Waals surface area (Å²) in [6.07, 6.45) is 3.89. The van der Waals surface area contributed by atoms with Gasteiger partial charge in [-0.3, -0.25) is 4.98 Å². The van der Waals surface area contributed by atoms with Crippen LogP contribution in [0.25, 0.3) is 10.9 Å². The molecule has 0 bridgehead atoms. The van der Waals surface area contributed by atoms with Gasteiger partial charge in [-0.15, -0.1) is 0 Å². The van der Waals surface area contributed by atoms with Crippen molar-refractivity contribution in [2.45, 2.75) is 13.1 Å². The van der Waals surface area contributed by atoms with E-state index in [0.29, 0.717) is 6.54 Å². The average molecular weight is 237 g/mol. The van der Waals surface area contributed by atoms with Crippen LogP contribution in [0.4, 0.5) is 0 Å². The Hall–Kier alpha value is -2.13. The SMILES string of the molecule is NCc1cccn1Cc1ccc2ncccc2c1. The van der Waals surface area contributed by atoms with Crippen molar-refractivity contribution < 1.29 is 0 Å². The summed E-state index contributed by atoms with van der Waals surface area (Å²) in [7, 11) is 0. The molecule has 3 aromatic rings. The Morgan fingerprint density at radius 2 is 2.06 bits per heavy atom. The summed E-state index contributed by atoms with van der Waals surface area (Å²) in [5.74, 6) is 0. The van der Waals surface area contributed by atoms with Gasteiger partial charge in [-0.05, 0) is 35.9 Å². The van der Waals surface area contributed by atoms with Gasteiger partial charge in [-0.1, -0.05) is 12.1 Å². The van der Waals surface area contributed by atoms with Crippen LogP contribution in [0, 0.1) is 0 Å². The zero-order chi connectivity index (χ0) is 12.4. The number of fused-ring (bicyclic) bond motifs is 1. The summed E-state index contributed by atoms with van der Waals surface area (Å²) in [5.41, 5.74) is 9.16. The quantitative estimate of drug-likeness (QED) is 0.760. The average Bonchev–Trinajstić information content (AvgIpc) is 2.86. The van der Waals surface area contributed by atoms with Crippen molar-refractivity contribution in [3.05, 3.63) is 66.1 Å². The molecule has 2 aromatic heterocycles. The Balaban J connectivity index is 1.95. The number of benzene rings is 1. The summed E-state index contributed by atoms with van der Waals surface area (Å²) in [5, 5.41) is 1.18. The van der Waals surface area contributed by atoms with E-state index in [-0.39, 0.29) is 0 Å². The van der Waals surface area contributed by atoms with E-state index in [0.717, 1.165) is 17.8 Å². The minimum atomic E-state index is 0.572. The predicted octanol–water partition coefficient (Wildman–Crippen LogP) is 2.54. The highest BCUT2D eigenvalue weighted by Crippen LogP contribution is 2.15. The molecule has 0 fully saturated rings. The lowest BCUT2D eigenvalue weighted by molar-refractivity contribution is 0.744. The van der Waals surface area contributed by atoms with E-state index in [1.807, 2.05) is 18.3 Å². The topological polar surface area (TPSA) is 43.8 Å². The number of hydrogen-bond donors (Lipinski definition) is 1. The van der Waals surface area contributed by atoms with E-state index < -0.39 is 0 Å². The maximum absolute atomic E-state index is 5.71. The molecule has 3 heteroatoms. The number of nitrogens with zero attached hydrogens (tertiary/aromatic N) is 2. The second kappa shape index (κ2) is 4.63. The number of aromatic nitrogens is 2. The standard InChI is InChI=1S/C15H15N3/c16-10-14-4-2-8-18(14)11-12-5-6-15-13(9-12)3-1-7-17-15/h1-9H,10-11,16H2. The number of pyridine rings is 1. The molecule has 0 atom stereocenters. The van der Waals surface area contributed by atoms with E-state index in [1.165, 1.54) is 10.9 Å². The van der Waals surface area contributed by atoms with Gasteiger partial charge in [0.05, 0.1) is 5.52 Å². The van der Waals surface area contributed by atoms with Crippen molar-refractivity contribution in [1.82, 2.24) is 9.55 Å². The molecule has 2 N–H and O–H groups in total. The zero-order valence-corrected chi connectivity index (χ0v) is 10.1. The number of hydrogen-bond acceptors (Lipinski definition) is 2. The molecule has 1 aromatic carbocycles. The van der Waals surface area contributed by atoms with Crippen LogP contribution >= 0.6 is 0 Å². The summed E-state index contributed by atoms with van der Waals surface area (Å²) < 4.78 is 2.18. The van der Waals surface area contributed by atoms with Crippen LogP contribution in [0.5, 0.6) is 0 Å². The molecule has 0 unspecified atom stereocenters. The Bertz CT molecular complexity index is 670. The van der Waals surface area contributed by atoms with Crippen LogP contribution < -0.4 is 5.73 Å². The summed E-state index contributed by atoms with van der Waals surface area (Å²) in [4.78, 5) is 4.33. The molecular formula is C15H15N3. The Morgan fingerprint density at radius 3 is 2.94 bits per heavy atom. The van der Waals surface area contributed by atoms with Crippen molar-refractivity contribution in [1.29, 1.82) is 0 Å². The maximum atomic E-state index is 5.71. The van der Waals surface area contributed by atoms with Crippen LogP contribution in [-0.2, 0) is 13.1 Å². The lowest BCUT2D eigenvalue weighted by Crippen LogP contribution is -2.07. The second-order valence-electron chi connectivity index (χ2n) is 4.36. The van der Waals surface area contributed by atoms with Gasteiger partial charge in [0, 0.05) is 36.6 Å². The second-order valence-corrected chi connectivity index (χ2v) is 4.36. The molecular weight excluding hydrogens is 222 g/mol. The van der Waals surface area contributed by atoms with Gasteiger partial charge >= 0.3 is 0 Å². The Labute approximate surface area is 106 Å². The molecule has 0 aliphatic carbocycles. The van der Waals surface area contributed by atoms with Crippen LogP contribution in [0.15, 0.2) is 54.9 Å². The van der Waals surface area contributed by atoms with Gasteiger partial charge in [0.1, 0.15) is 0 Å². The fraction of sp³-hybridized carbons (Fsp3) is 0.133. The fourth-order valence-electron chi connectivity index (χ4n) is 2.21. The van der Waals surface area contributed by atoms with Crippen molar-refractivity contribution in [3.63, 3.8) is 0 Å². The minimum absolute atomic E-state index is 0.572. The molecule has 0 saturated heterocycles. The fourth-order valence-corrected chi connectivity index (χ4v) is 2.21. The van der Waals surface area contributed by atoms with Gasteiger partial charge in [-0.25, -0.2) is 0 Å². The molecule has 2 heterocycles. The van der Waals surface area contributed by atoms with Gasteiger partial charge in [0.2, 0.25) is 0 Å². The third-order valence-corrected chi connectivity index (χ3v) is 3.15. The van der Waals surface area contributed by atoms with Crippen molar-refractivity contribution >= 4 is 10.9 Å². The monoisotopic (exact) mass is 237 g/mol. The third-order valence-electron chi connectivity index (χ3n) is 3.15. The summed E-state index contributed by atoms with van der Waals surface area (Å²) in [6.45, 7) is 1.42. The molecule has 3 nitrogen and oxygen atoms in total. The van der Waals surface area contributed by atoms with Gasteiger partial charge < -0.3 is 10.3 Å². The van der Waals surface area contributed by atoms with Crippen LogP contribution in [-0.4, -0.2) is 9.55 Å². The van der Waals surface area contributed by atoms with Crippen LogP contribution in [0.1, 0.15) is 11.3 Å². The van der Waals surface area contributed by atoms with Crippen molar-refractivity contribution in [3.8, 4) is 0 Å². The highest BCUT2D eigenvalue weighted by atomic mass is 15.0. The van der Waals surface area contributed by atoms with Crippen molar-refractivity contribution in [2.75, 3.05) is 0 Å². The Kier molecular flexibility index (Phi) is 2.82. The highest BCUT2D eigenvalue weighted by Gasteiger charge is 2.01. The molecule has 3 rings (SSSR count). The predicted molar refractivity (Wildman–Crippen MR) is 73.2 cm³/mol. The molecule has 0 aliphatic heterocycles. The van der Waals surface area contributed by atoms with E-state index in [1.54, 1.807) is 0 Å². The first-order valence-electron chi connectivity index (χ1n) is 6.04. The molecule has 0 saturated carbocycles. The van der Waals surface area contributed by atoms with Gasteiger partial charge in [-0.2, -0.15) is 0 Å². The summed E-state index contributed by atoms with van der Waals surface area (Å²) in [6, 6.07) is 14.5. The lowest BCUT2D eigenvalue weighted by atomic mass is 10.1. The lowest BCUT2D eigenvalue weighted by Gasteiger charge is -2.08. The van der Waals surface area contributed by atoms with E-state index in [9.17, 15) is 0 Å². The molecule has 0 amide bonds. The summed E-state index contributed by atoms with van der Waals surface area (Å²) >= 11 is 0. The van der Waals surface area contributed by atoms with E-state index in [4.69, 9.17) is 5.73 Å². The maximum Gasteiger partial charge on any atom is 0.0702 e.